The summed E-state index contributed by atoms with van der Waals surface area (Å²) in [5.74, 6) is 5.74. The molecule has 3 aromatic rings. The number of hydrogen-bond acceptors (Lipinski definition) is 11. The number of methoxy groups -OCH3 is 1. The number of hydrogen-bond donors (Lipinski definition) is 2. The molecule has 4 rings (SSSR count). The number of benzene rings is 1. The molecule has 1 aliphatic rings. The number of nitro groups is 1. The summed E-state index contributed by atoms with van der Waals surface area (Å²) in [7, 11) is 1.38. The second kappa shape index (κ2) is 9.95. The van der Waals surface area contributed by atoms with Gasteiger partial charge in [0.25, 0.3) is 5.91 Å². The van der Waals surface area contributed by atoms with Crippen molar-refractivity contribution in [2.24, 2.45) is 5.84 Å². The molecule has 0 aliphatic carbocycles. The summed E-state index contributed by atoms with van der Waals surface area (Å²) in [6, 6.07) is 9.98. The molecule has 0 bridgehead atoms. The normalized spacial score (nSPS) is 13.4. The molecule has 1 aromatic carbocycles. The van der Waals surface area contributed by atoms with Crippen LogP contribution < -0.4 is 30.5 Å². The molecule has 1 saturated heterocycles. The number of aromatic nitrogens is 3. The summed E-state index contributed by atoms with van der Waals surface area (Å²) in [6.07, 6.45) is 2.94. The minimum atomic E-state index is -0.571. The van der Waals surface area contributed by atoms with E-state index in [2.05, 4.69) is 19.9 Å². The van der Waals surface area contributed by atoms with Crippen molar-refractivity contribution in [3.05, 3.63) is 64.6 Å². The molecule has 0 spiro atoms. The molecule has 0 unspecified atom stereocenters. The van der Waals surface area contributed by atoms with E-state index >= 15 is 0 Å². The molecule has 1 fully saturated rings. The third kappa shape index (κ3) is 4.63. The third-order valence-electron chi connectivity index (χ3n) is 5.27. The molecule has 34 heavy (non-hydrogen) atoms. The highest BCUT2D eigenvalue weighted by Gasteiger charge is 2.31. The minimum Gasteiger partial charge on any atom is -0.493 e. The zero-order valence-electron chi connectivity index (χ0n) is 18.2. The number of carbonyl (C=O) groups is 1. The van der Waals surface area contributed by atoms with Gasteiger partial charge >= 0.3 is 11.6 Å². The molecule has 2 aromatic heterocycles. The molecule has 0 radical (unpaired) electrons. The number of hydrazine groups is 1. The number of pyridine rings is 1. The predicted octanol–water partition coefficient (Wildman–Crippen LogP) is 1.51. The second-order valence-corrected chi connectivity index (χ2v) is 7.21. The zero-order valence-corrected chi connectivity index (χ0v) is 18.2. The maximum Gasteiger partial charge on any atom is 0.373 e. The lowest BCUT2D eigenvalue weighted by Crippen LogP contribution is -2.47. The molecule has 13 nitrogen and oxygen atoms in total. The van der Waals surface area contributed by atoms with Crippen molar-refractivity contribution in [2.75, 3.05) is 43.1 Å². The lowest BCUT2D eigenvalue weighted by molar-refractivity contribution is -0.385. The molecule has 3 N–H and O–H groups in total. The van der Waals surface area contributed by atoms with E-state index in [1.807, 2.05) is 28.5 Å². The van der Waals surface area contributed by atoms with Gasteiger partial charge in [0.2, 0.25) is 5.82 Å². The van der Waals surface area contributed by atoms with Gasteiger partial charge in [-0.15, -0.1) is 0 Å². The lowest BCUT2D eigenvalue weighted by atomic mass is 10.2. The number of nitrogens with one attached hydrogen (secondary N) is 1. The number of piperazine rings is 1. The predicted molar refractivity (Wildman–Crippen MR) is 122 cm³/mol. The van der Waals surface area contributed by atoms with Gasteiger partial charge in [0, 0.05) is 37.9 Å². The molecule has 3 heterocycles. The number of carbonyl (C=O) groups excluding carboxylic acids is 1. The van der Waals surface area contributed by atoms with E-state index in [4.69, 9.17) is 15.3 Å². The van der Waals surface area contributed by atoms with Crippen molar-refractivity contribution in [1.82, 2.24) is 20.4 Å². The smallest absolute Gasteiger partial charge is 0.373 e. The van der Waals surface area contributed by atoms with Crippen molar-refractivity contribution in [1.29, 1.82) is 0 Å². The van der Waals surface area contributed by atoms with Gasteiger partial charge in [-0.2, -0.15) is 4.98 Å². The molecular formula is C21H22N8O5. The Kier molecular flexibility index (Phi) is 6.64. The van der Waals surface area contributed by atoms with Crippen molar-refractivity contribution < 1.29 is 19.2 Å². The Morgan fingerprint density at radius 3 is 2.50 bits per heavy atom. The number of rotatable bonds is 7. The fraction of sp³-hybridized carbons (Fsp3) is 0.238. The number of anilines is 2. The molecule has 176 valence electrons. The molecule has 1 aliphatic heterocycles. The standard InChI is InChI=1S/C21H22N8O5/c1-33-16-12-14(20(30)26-22)5-6-15(16)34-21-18(29(31)32)19(24-13-25-21)28-10-8-27(9-11-28)17-4-2-3-7-23-17/h2-7,12-13H,8-11,22H2,1H3,(H,26,30). The van der Waals surface area contributed by atoms with Crippen LogP contribution >= 0.6 is 0 Å². The molecular weight excluding hydrogens is 444 g/mol. The summed E-state index contributed by atoms with van der Waals surface area (Å²) in [6.45, 7) is 2.24. The average molecular weight is 466 g/mol. The Morgan fingerprint density at radius 1 is 1.09 bits per heavy atom. The van der Waals surface area contributed by atoms with Crippen LogP contribution in [0, 0.1) is 10.1 Å². The van der Waals surface area contributed by atoms with E-state index in [1.54, 1.807) is 6.20 Å². The zero-order chi connectivity index (χ0) is 24.1. The van der Waals surface area contributed by atoms with Gasteiger partial charge in [-0.3, -0.25) is 20.3 Å². The maximum absolute atomic E-state index is 12.0. The third-order valence-corrected chi connectivity index (χ3v) is 5.27. The van der Waals surface area contributed by atoms with Crippen LogP contribution in [-0.4, -0.2) is 59.1 Å². The Morgan fingerprint density at radius 2 is 1.85 bits per heavy atom. The fourth-order valence-corrected chi connectivity index (χ4v) is 3.59. The van der Waals surface area contributed by atoms with E-state index in [9.17, 15) is 14.9 Å². The lowest BCUT2D eigenvalue weighted by Gasteiger charge is -2.35. The van der Waals surface area contributed by atoms with Gasteiger partial charge < -0.3 is 19.3 Å². The maximum atomic E-state index is 12.0. The highest BCUT2D eigenvalue weighted by atomic mass is 16.6. The largest absolute Gasteiger partial charge is 0.493 e. The number of ether oxygens (including phenoxy) is 2. The number of nitrogens with zero attached hydrogens (tertiary/aromatic N) is 6. The van der Waals surface area contributed by atoms with Gasteiger partial charge in [-0.1, -0.05) is 6.07 Å². The van der Waals surface area contributed by atoms with Crippen LogP contribution in [0.2, 0.25) is 0 Å². The van der Waals surface area contributed by atoms with Gasteiger partial charge in [-0.25, -0.2) is 15.8 Å². The molecule has 13 heteroatoms. The first kappa shape index (κ1) is 22.7. The molecule has 0 saturated carbocycles. The first-order valence-corrected chi connectivity index (χ1v) is 10.3. The Bertz CT molecular complexity index is 1190. The Balaban J connectivity index is 1.59. The van der Waals surface area contributed by atoms with E-state index in [0.717, 1.165) is 5.82 Å². The van der Waals surface area contributed by atoms with Crippen molar-refractivity contribution in [3.63, 3.8) is 0 Å². The number of nitrogen functional groups attached to an aromatic ring is 1. The van der Waals surface area contributed by atoms with Crippen molar-refractivity contribution >= 4 is 23.2 Å². The van der Waals surface area contributed by atoms with Crippen LogP contribution in [0.1, 0.15) is 10.4 Å². The van der Waals surface area contributed by atoms with Gasteiger partial charge in [-0.05, 0) is 30.3 Å². The Hall–Kier alpha value is -4.52. The first-order valence-electron chi connectivity index (χ1n) is 10.3. The number of nitrogens with two attached hydrogens (primary N) is 1. The topological polar surface area (TPSA) is 162 Å². The van der Waals surface area contributed by atoms with Crippen molar-refractivity contribution in [2.45, 2.75) is 0 Å². The summed E-state index contributed by atoms with van der Waals surface area (Å²) >= 11 is 0. The highest BCUT2D eigenvalue weighted by molar-refractivity contribution is 5.94. The molecule has 0 atom stereocenters. The molecule has 1 amide bonds. The van der Waals surface area contributed by atoms with Crippen LogP contribution in [0.5, 0.6) is 17.4 Å². The fourth-order valence-electron chi connectivity index (χ4n) is 3.59. The van der Waals surface area contributed by atoms with Gasteiger partial charge in [0.05, 0.1) is 12.0 Å². The van der Waals surface area contributed by atoms with Crippen LogP contribution in [0.25, 0.3) is 0 Å². The quantitative estimate of drug-likeness (QED) is 0.225. The monoisotopic (exact) mass is 466 g/mol. The van der Waals surface area contributed by atoms with E-state index in [-0.39, 0.29) is 34.4 Å². The average Bonchev–Trinajstić information content (AvgIpc) is 2.88. The summed E-state index contributed by atoms with van der Waals surface area (Å²) < 4.78 is 11.0. The van der Waals surface area contributed by atoms with E-state index in [0.29, 0.717) is 26.2 Å². The van der Waals surface area contributed by atoms with Crippen LogP contribution in [0.15, 0.2) is 48.9 Å². The SMILES string of the molecule is COc1cc(C(=O)NN)ccc1Oc1ncnc(N2CCN(c3ccccn3)CC2)c1[N+](=O)[O-]. The van der Waals surface area contributed by atoms with Crippen LogP contribution in [0.3, 0.4) is 0 Å². The van der Waals surface area contributed by atoms with Crippen LogP contribution in [0.4, 0.5) is 17.3 Å². The minimum absolute atomic E-state index is 0.142. The summed E-state index contributed by atoms with van der Waals surface area (Å²) in [5, 5.41) is 12.0. The van der Waals surface area contributed by atoms with Gasteiger partial charge in [0.1, 0.15) is 12.1 Å². The first-order chi connectivity index (χ1) is 16.5. The van der Waals surface area contributed by atoms with Gasteiger partial charge in [0.15, 0.2) is 11.5 Å². The van der Waals surface area contributed by atoms with Crippen LogP contribution in [-0.2, 0) is 0 Å². The highest BCUT2D eigenvalue weighted by Crippen LogP contribution is 2.39. The van der Waals surface area contributed by atoms with E-state index < -0.39 is 10.8 Å². The van der Waals surface area contributed by atoms with E-state index in [1.165, 1.54) is 31.6 Å². The summed E-state index contributed by atoms with van der Waals surface area (Å²) in [4.78, 5) is 39.6. The second-order valence-electron chi connectivity index (χ2n) is 7.21. The Labute approximate surface area is 194 Å². The number of amides is 1. The summed E-state index contributed by atoms with van der Waals surface area (Å²) in [5.41, 5.74) is 1.90. The van der Waals surface area contributed by atoms with Crippen molar-refractivity contribution in [3.8, 4) is 17.4 Å².